The molecule has 0 spiro atoms. The molecule has 0 radical (unpaired) electrons. The lowest BCUT2D eigenvalue weighted by atomic mass is 10.2. The van der Waals surface area contributed by atoms with Crippen molar-refractivity contribution in [2.75, 3.05) is 39.7 Å². The molecule has 1 aromatic carbocycles. The van der Waals surface area contributed by atoms with Crippen LogP contribution in [0.4, 0.5) is 0 Å². The maximum Gasteiger partial charge on any atom is 0.242 e. The number of nitrogens with zero attached hydrogens (tertiary/aromatic N) is 3. The van der Waals surface area contributed by atoms with Crippen LogP contribution < -0.4 is 9.47 Å². The van der Waals surface area contributed by atoms with Gasteiger partial charge in [0.15, 0.2) is 21.3 Å². The Bertz CT molecular complexity index is 974. The Morgan fingerprint density at radius 2 is 2.03 bits per heavy atom. The SMILES string of the molecule is COc1ccc(-c2noc(CS(=O)(=O)CC(=O)N3CCOC(C)C3)n2)cc1OC. The van der Waals surface area contributed by atoms with Crippen molar-refractivity contribution in [2.45, 2.75) is 18.8 Å². The molecule has 11 heteroatoms. The zero-order chi connectivity index (χ0) is 21.0. The molecule has 1 aromatic heterocycles. The first kappa shape index (κ1) is 21.1. The van der Waals surface area contributed by atoms with Crippen molar-refractivity contribution >= 4 is 15.7 Å². The summed E-state index contributed by atoms with van der Waals surface area (Å²) in [5, 5.41) is 3.82. The summed E-state index contributed by atoms with van der Waals surface area (Å²) in [4.78, 5) is 17.9. The van der Waals surface area contributed by atoms with Gasteiger partial charge < -0.3 is 23.6 Å². The van der Waals surface area contributed by atoms with E-state index >= 15 is 0 Å². The van der Waals surface area contributed by atoms with E-state index < -0.39 is 27.3 Å². The van der Waals surface area contributed by atoms with Gasteiger partial charge in [-0.05, 0) is 25.1 Å². The Morgan fingerprint density at radius 3 is 2.72 bits per heavy atom. The fourth-order valence-electron chi connectivity index (χ4n) is 2.97. The fraction of sp³-hybridized carbons (Fsp3) is 0.500. The Labute approximate surface area is 168 Å². The van der Waals surface area contributed by atoms with E-state index in [1.54, 1.807) is 18.2 Å². The number of ether oxygens (including phenoxy) is 3. The third-order valence-corrected chi connectivity index (χ3v) is 5.76. The fourth-order valence-corrected chi connectivity index (χ4v) is 4.12. The zero-order valence-corrected chi connectivity index (χ0v) is 17.3. The molecule has 1 saturated heterocycles. The summed E-state index contributed by atoms with van der Waals surface area (Å²) in [6, 6.07) is 5.04. The first-order valence-corrected chi connectivity index (χ1v) is 10.8. The van der Waals surface area contributed by atoms with Gasteiger partial charge >= 0.3 is 0 Å². The summed E-state index contributed by atoms with van der Waals surface area (Å²) in [6.07, 6.45) is -0.115. The first-order valence-electron chi connectivity index (χ1n) is 8.96. The third kappa shape index (κ3) is 5.24. The topological polar surface area (TPSA) is 121 Å². The minimum absolute atomic E-state index is 0.0852. The Morgan fingerprint density at radius 1 is 1.28 bits per heavy atom. The molecule has 1 aliphatic heterocycles. The number of carbonyl (C=O) groups is 1. The highest BCUT2D eigenvalue weighted by Crippen LogP contribution is 2.31. The molecule has 0 bridgehead atoms. The van der Waals surface area contributed by atoms with Crippen LogP contribution in [-0.2, 0) is 25.1 Å². The summed E-state index contributed by atoms with van der Waals surface area (Å²) >= 11 is 0. The lowest BCUT2D eigenvalue weighted by Gasteiger charge is -2.31. The van der Waals surface area contributed by atoms with Crippen LogP contribution in [0.3, 0.4) is 0 Å². The number of hydrogen-bond acceptors (Lipinski definition) is 9. The van der Waals surface area contributed by atoms with E-state index in [1.165, 1.54) is 19.1 Å². The molecular weight excluding hydrogens is 402 g/mol. The minimum Gasteiger partial charge on any atom is -0.493 e. The number of rotatable bonds is 7. The zero-order valence-electron chi connectivity index (χ0n) is 16.5. The van der Waals surface area contributed by atoms with Crippen LogP contribution in [0.25, 0.3) is 11.4 Å². The quantitative estimate of drug-likeness (QED) is 0.637. The standard InChI is InChI=1S/C18H23N3O7S/c1-12-9-21(6-7-27-12)17(22)11-29(23,24)10-16-19-18(20-28-16)13-4-5-14(25-2)15(8-13)26-3/h4-5,8,12H,6-7,9-11H2,1-3H3. The van der Waals surface area contributed by atoms with Gasteiger partial charge in [-0.1, -0.05) is 5.16 Å². The third-order valence-electron chi connectivity index (χ3n) is 4.39. The van der Waals surface area contributed by atoms with E-state index in [9.17, 15) is 13.2 Å². The molecule has 2 heterocycles. The first-order chi connectivity index (χ1) is 13.8. The Kier molecular flexibility index (Phi) is 6.38. The van der Waals surface area contributed by atoms with E-state index in [-0.39, 0.29) is 17.8 Å². The number of methoxy groups -OCH3 is 2. The van der Waals surface area contributed by atoms with E-state index in [0.29, 0.717) is 36.8 Å². The Balaban J connectivity index is 1.68. The molecule has 0 saturated carbocycles. The molecule has 10 nitrogen and oxygen atoms in total. The summed E-state index contributed by atoms with van der Waals surface area (Å²) in [5.74, 6) is -0.442. The van der Waals surface area contributed by atoms with Gasteiger partial charge in [0.1, 0.15) is 11.5 Å². The second-order valence-corrected chi connectivity index (χ2v) is 8.70. The second-order valence-electron chi connectivity index (χ2n) is 6.63. The van der Waals surface area contributed by atoms with Crippen molar-refractivity contribution in [3.05, 3.63) is 24.1 Å². The van der Waals surface area contributed by atoms with Gasteiger partial charge in [-0.15, -0.1) is 0 Å². The minimum atomic E-state index is -3.77. The summed E-state index contributed by atoms with van der Waals surface area (Å²) in [7, 11) is -0.742. The largest absolute Gasteiger partial charge is 0.493 e. The van der Waals surface area contributed by atoms with Crippen molar-refractivity contribution in [1.29, 1.82) is 0 Å². The van der Waals surface area contributed by atoms with Crippen molar-refractivity contribution in [3.63, 3.8) is 0 Å². The van der Waals surface area contributed by atoms with Crippen LogP contribution in [0.2, 0.25) is 0 Å². The van der Waals surface area contributed by atoms with Crippen LogP contribution in [0.1, 0.15) is 12.8 Å². The summed E-state index contributed by atoms with van der Waals surface area (Å²) in [6.45, 7) is 2.98. The lowest BCUT2D eigenvalue weighted by molar-refractivity contribution is -0.135. The predicted octanol–water partition coefficient (Wildman–Crippen LogP) is 0.916. The number of carbonyl (C=O) groups excluding carboxylic acids is 1. The monoisotopic (exact) mass is 425 g/mol. The van der Waals surface area contributed by atoms with Crippen molar-refractivity contribution in [3.8, 4) is 22.9 Å². The van der Waals surface area contributed by atoms with Crippen LogP contribution in [0.15, 0.2) is 22.7 Å². The molecule has 1 aliphatic rings. The highest BCUT2D eigenvalue weighted by atomic mass is 32.2. The van der Waals surface area contributed by atoms with E-state index in [1.807, 2.05) is 6.92 Å². The average Bonchev–Trinajstić information content (AvgIpc) is 3.14. The summed E-state index contributed by atoms with van der Waals surface area (Å²) < 4.78 is 45.7. The smallest absolute Gasteiger partial charge is 0.242 e. The molecule has 1 atom stereocenters. The molecular formula is C18H23N3O7S. The normalized spacial score (nSPS) is 17.2. The molecule has 29 heavy (non-hydrogen) atoms. The molecule has 1 unspecified atom stereocenters. The molecule has 158 valence electrons. The molecule has 3 rings (SSSR count). The highest BCUT2D eigenvalue weighted by Gasteiger charge is 2.27. The highest BCUT2D eigenvalue weighted by molar-refractivity contribution is 7.91. The molecule has 0 N–H and O–H groups in total. The van der Waals surface area contributed by atoms with Crippen LogP contribution in [0.5, 0.6) is 11.5 Å². The second kappa shape index (κ2) is 8.78. The van der Waals surface area contributed by atoms with Crippen molar-refractivity contribution < 1.29 is 31.9 Å². The van der Waals surface area contributed by atoms with Gasteiger partial charge in [0, 0.05) is 18.7 Å². The molecule has 1 fully saturated rings. The number of sulfone groups is 1. The maximum absolute atomic E-state index is 12.4. The number of hydrogen-bond donors (Lipinski definition) is 0. The van der Waals surface area contributed by atoms with Gasteiger partial charge in [0.05, 0.1) is 26.9 Å². The Hall–Kier alpha value is -2.66. The average molecular weight is 425 g/mol. The van der Waals surface area contributed by atoms with E-state index in [0.717, 1.165) is 0 Å². The van der Waals surface area contributed by atoms with Gasteiger partial charge in [-0.3, -0.25) is 4.79 Å². The van der Waals surface area contributed by atoms with Gasteiger partial charge in [0.2, 0.25) is 17.6 Å². The van der Waals surface area contributed by atoms with Gasteiger partial charge in [-0.25, -0.2) is 8.42 Å². The molecule has 2 aromatic rings. The summed E-state index contributed by atoms with van der Waals surface area (Å²) in [5.41, 5.74) is 0.577. The van der Waals surface area contributed by atoms with Crippen molar-refractivity contribution in [2.24, 2.45) is 0 Å². The maximum atomic E-state index is 12.4. The number of morpholine rings is 1. The van der Waals surface area contributed by atoms with E-state index in [4.69, 9.17) is 18.7 Å². The number of amides is 1. The predicted molar refractivity (Wildman–Crippen MR) is 102 cm³/mol. The van der Waals surface area contributed by atoms with Gasteiger partial charge in [-0.2, -0.15) is 4.98 Å². The lowest BCUT2D eigenvalue weighted by Crippen LogP contribution is -2.46. The van der Waals surface area contributed by atoms with Crippen LogP contribution >= 0.6 is 0 Å². The number of benzene rings is 1. The van der Waals surface area contributed by atoms with Crippen LogP contribution in [0, 0.1) is 0 Å². The van der Waals surface area contributed by atoms with Gasteiger partial charge in [0.25, 0.3) is 0 Å². The molecule has 0 aliphatic carbocycles. The van der Waals surface area contributed by atoms with E-state index in [2.05, 4.69) is 10.1 Å². The van der Waals surface area contributed by atoms with Crippen LogP contribution in [-0.4, -0.2) is 75.1 Å². The molecule has 1 amide bonds. The number of aromatic nitrogens is 2. The van der Waals surface area contributed by atoms with Crippen molar-refractivity contribution in [1.82, 2.24) is 15.0 Å².